The van der Waals surface area contributed by atoms with Crippen LogP contribution in [0, 0.1) is 5.92 Å². The molecule has 3 aromatic rings. The van der Waals surface area contributed by atoms with Gasteiger partial charge in [0.1, 0.15) is 0 Å². The SMILES string of the molecule is CCn1nnc2c(N(C)CCc3ccc(O)c(O)c3)nc(N[C@@H](CO)C(C)C)nc21. The Labute approximate surface area is 175 Å². The number of aliphatic hydroxyl groups excluding tert-OH is 1. The lowest BCUT2D eigenvalue weighted by atomic mass is 10.1. The lowest BCUT2D eigenvalue weighted by molar-refractivity contribution is 0.248. The maximum atomic E-state index is 9.71. The Hall–Kier alpha value is -3.14. The first-order valence-corrected chi connectivity index (χ1v) is 10.0. The Morgan fingerprint density at radius 3 is 2.57 bits per heavy atom. The minimum Gasteiger partial charge on any atom is -0.504 e. The van der Waals surface area contributed by atoms with Gasteiger partial charge >= 0.3 is 0 Å². The lowest BCUT2D eigenvalue weighted by Crippen LogP contribution is -2.31. The molecule has 3 rings (SSSR count). The molecule has 0 aliphatic rings. The molecule has 0 saturated heterocycles. The summed E-state index contributed by atoms with van der Waals surface area (Å²) in [4.78, 5) is 11.2. The van der Waals surface area contributed by atoms with E-state index in [4.69, 9.17) is 0 Å². The topological polar surface area (TPSA) is 132 Å². The molecule has 0 bridgehead atoms. The number of aryl methyl sites for hydroxylation is 1. The van der Waals surface area contributed by atoms with Crippen LogP contribution in [0.4, 0.5) is 11.8 Å². The maximum absolute atomic E-state index is 9.71. The Kier molecular flexibility index (Phi) is 6.56. The van der Waals surface area contributed by atoms with Gasteiger partial charge in [0.05, 0.1) is 12.6 Å². The number of anilines is 2. The third-order valence-corrected chi connectivity index (χ3v) is 5.10. The molecule has 0 radical (unpaired) electrons. The van der Waals surface area contributed by atoms with Crippen molar-refractivity contribution in [2.45, 2.75) is 39.8 Å². The highest BCUT2D eigenvalue weighted by Gasteiger charge is 2.20. The smallest absolute Gasteiger partial charge is 0.227 e. The Balaban J connectivity index is 1.90. The van der Waals surface area contributed by atoms with E-state index in [0.29, 0.717) is 42.4 Å². The van der Waals surface area contributed by atoms with Crippen molar-refractivity contribution in [3.63, 3.8) is 0 Å². The fraction of sp³-hybridized carbons (Fsp3) is 0.500. The number of fused-ring (bicyclic) bond motifs is 1. The van der Waals surface area contributed by atoms with Crippen LogP contribution in [0.3, 0.4) is 0 Å². The summed E-state index contributed by atoms with van der Waals surface area (Å²) in [6.07, 6.45) is 0.631. The standard InChI is InChI=1S/C20H29N7O3/c1-5-27-19-17(24-25-27)18(22-20(23-19)21-14(11-28)12(2)3)26(4)9-8-13-6-7-15(29)16(30)10-13/h6-7,10,12,14,28-30H,5,8-9,11H2,1-4H3,(H,21,22,23)/t14-/m0/s1. The van der Waals surface area contributed by atoms with E-state index in [-0.39, 0.29) is 30.1 Å². The van der Waals surface area contributed by atoms with Gasteiger partial charge < -0.3 is 25.5 Å². The molecular formula is C20H29N7O3. The summed E-state index contributed by atoms with van der Waals surface area (Å²) >= 11 is 0. The first-order chi connectivity index (χ1) is 14.3. The van der Waals surface area contributed by atoms with Crippen LogP contribution in [0.1, 0.15) is 26.3 Å². The molecule has 10 nitrogen and oxygen atoms in total. The number of rotatable bonds is 9. The van der Waals surface area contributed by atoms with E-state index in [1.165, 1.54) is 6.07 Å². The summed E-state index contributed by atoms with van der Waals surface area (Å²) in [6, 6.07) is 4.62. The first kappa shape index (κ1) is 21.6. The van der Waals surface area contributed by atoms with Gasteiger partial charge in [0, 0.05) is 20.1 Å². The van der Waals surface area contributed by atoms with E-state index in [9.17, 15) is 15.3 Å². The van der Waals surface area contributed by atoms with E-state index in [2.05, 4.69) is 25.6 Å². The maximum Gasteiger partial charge on any atom is 0.227 e. The average Bonchev–Trinajstić information content (AvgIpc) is 3.14. The monoisotopic (exact) mass is 415 g/mol. The molecule has 0 spiro atoms. The number of benzene rings is 1. The number of hydrogen-bond acceptors (Lipinski definition) is 9. The van der Waals surface area contributed by atoms with E-state index >= 15 is 0 Å². The van der Waals surface area contributed by atoms with Gasteiger partial charge in [-0.05, 0) is 37.0 Å². The number of aromatic hydroxyl groups is 2. The molecule has 0 aliphatic carbocycles. The second kappa shape index (κ2) is 9.12. The van der Waals surface area contributed by atoms with Crippen molar-refractivity contribution in [1.82, 2.24) is 25.0 Å². The fourth-order valence-electron chi connectivity index (χ4n) is 3.10. The summed E-state index contributed by atoms with van der Waals surface area (Å²) in [5, 5.41) is 40.5. The van der Waals surface area contributed by atoms with Crippen LogP contribution >= 0.6 is 0 Å². The van der Waals surface area contributed by atoms with E-state index in [0.717, 1.165) is 5.56 Å². The second-order valence-corrected chi connectivity index (χ2v) is 7.62. The molecule has 10 heteroatoms. The molecule has 0 fully saturated rings. The molecule has 0 unspecified atom stereocenters. The number of phenols is 2. The summed E-state index contributed by atoms with van der Waals surface area (Å²) in [6.45, 7) is 7.20. The molecular weight excluding hydrogens is 386 g/mol. The van der Waals surface area contributed by atoms with E-state index in [1.807, 2.05) is 32.7 Å². The number of hydrogen-bond donors (Lipinski definition) is 4. The largest absolute Gasteiger partial charge is 0.504 e. The van der Waals surface area contributed by atoms with Crippen LogP contribution in [-0.2, 0) is 13.0 Å². The van der Waals surface area contributed by atoms with Crippen molar-refractivity contribution in [3.8, 4) is 11.5 Å². The van der Waals surface area contributed by atoms with Gasteiger partial charge in [0.2, 0.25) is 5.95 Å². The van der Waals surface area contributed by atoms with Crippen molar-refractivity contribution < 1.29 is 15.3 Å². The summed E-state index contributed by atoms with van der Waals surface area (Å²) in [5.74, 6) is 0.967. The zero-order chi connectivity index (χ0) is 21.8. The minimum atomic E-state index is -0.175. The van der Waals surface area contributed by atoms with Crippen molar-refractivity contribution in [2.75, 3.05) is 30.4 Å². The summed E-state index contributed by atoms with van der Waals surface area (Å²) in [5.41, 5.74) is 2.11. The van der Waals surface area contributed by atoms with E-state index in [1.54, 1.807) is 16.8 Å². The van der Waals surface area contributed by atoms with Gasteiger partial charge in [0.15, 0.2) is 28.5 Å². The zero-order valence-electron chi connectivity index (χ0n) is 17.7. The van der Waals surface area contributed by atoms with Crippen LogP contribution in [0.25, 0.3) is 11.2 Å². The number of aliphatic hydroxyl groups is 1. The average molecular weight is 415 g/mol. The third-order valence-electron chi connectivity index (χ3n) is 5.10. The van der Waals surface area contributed by atoms with Crippen molar-refractivity contribution in [2.24, 2.45) is 5.92 Å². The number of likely N-dealkylation sites (N-methyl/N-ethyl adjacent to an activating group) is 1. The Morgan fingerprint density at radius 1 is 1.17 bits per heavy atom. The predicted octanol–water partition coefficient (Wildman–Crippen LogP) is 1.76. The number of nitrogens with zero attached hydrogens (tertiary/aromatic N) is 6. The predicted molar refractivity (Wildman–Crippen MR) is 115 cm³/mol. The minimum absolute atomic E-state index is 0.0279. The molecule has 1 atom stereocenters. The summed E-state index contributed by atoms with van der Waals surface area (Å²) < 4.78 is 1.71. The highest BCUT2D eigenvalue weighted by molar-refractivity contribution is 5.84. The molecule has 2 heterocycles. The zero-order valence-corrected chi connectivity index (χ0v) is 17.7. The number of phenolic OH excluding ortho intramolecular Hbond substituents is 2. The van der Waals surface area contributed by atoms with Crippen LogP contribution in [0.15, 0.2) is 18.2 Å². The molecule has 2 aromatic heterocycles. The van der Waals surface area contributed by atoms with E-state index < -0.39 is 0 Å². The Bertz CT molecular complexity index is 1010. The molecule has 1 aromatic carbocycles. The van der Waals surface area contributed by atoms with Gasteiger partial charge in [-0.2, -0.15) is 9.97 Å². The Morgan fingerprint density at radius 2 is 1.93 bits per heavy atom. The molecule has 30 heavy (non-hydrogen) atoms. The van der Waals surface area contributed by atoms with Crippen LogP contribution in [-0.4, -0.2) is 66.5 Å². The van der Waals surface area contributed by atoms with Gasteiger partial charge in [0.25, 0.3) is 0 Å². The second-order valence-electron chi connectivity index (χ2n) is 7.62. The third kappa shape index (κ3) is 4.54. The van der Waals surface area contributed by atoms with Gasteiger partial charge in [-0.25, -0.2) is 4.68 Å². The molecule has 162 valence electrons. The number of aromatic nitrogens is 5. The normalized spacial score (nSPS) is 12.5. The quantitative estimate of drug-likeness (QED) is 0.386. The molecule has 0 amide bonds. The molecule has 4 N–H and O–H groups in total. The summed E-state index contributed by atoms with van der Waals surface area (Å²) in [7, 11) is 1.91. The van der Waals surface area contributed by atoms with Crippen LogP contribution in [0.2, 0.25) is 0 Å². The van der Waals surface area contributed by atoms with Gasteiger partial charge in [-0.3, -0.25) is 0 Å². The first-order valence-electron chi connectivity index (χ1n) is 10.0. The van der Waals surface area contributed by atoms with Crippen molar-refractivity contribution >= 4 is 22.9 Å². The number of nitrogens with one attached hydrogen (secondary N) is 1. The van der Waals surface area contributed by atoms with Crippen LogP contribution in [0.5, 0.6) is 11.5 Å². The molecule has 0 saturated carbocycles. The lowest BCUT2D eigenvalue weighted by Gasteiger charge is -2.22. The molecule has 0 aliphatic heterocycles. The van der Waals surface area contributed by atoms with Gasteiger partial charge in [-0.15, -0.1) is 5.10 Å². The fourth-order valence-corrected chi connectivity index (χ4v) is 3.10. The highest BCUT2D eigenvalue weighted by atomic mass is 16.3. The highest BCUT2D eigenvalue weighted by Crippen LogP contribution is 2.26. The van der Waals surface area contributed by atoms with Gasteiger partial charge in [-0.1, -0.05) is 25.1 Å². The van der Waals surface area contributed by atoms with Crippen LogP contribution < -0.4 is 10.2 Å². The van der Waals surface area contributed by atoms with Crippen molar-refractivity contribution in [1.29, 1.82) is 0 Å². The van der Waals surface area contributed by atoms with Crippen molar-refractivity contribution in [3.05, 3.63) is 23.8 Å².